The molecule has 1 N–H and O–H groups in total. The van der Waals surface area contributed by atoms with E-state index in [1.807, 2.05) is 32.9 Å². The van der Waals surface area contributed by atoms with Crippen molar-refractivity contribution in [1.82, 2.24) is 0 Å². The molecule has 0 heterocycles. The van der Waals surface area contributed by atoms with Crippen LogP contribution in [0.4, 0.5) is 0 Å². The normalized spacial score (nSPS) is 11.9. The van der Waals surface area contributed by atoms with Crippen molar-refractivity contribution in [2.45, 2.75) is 52.4 Å². The Balaban J connectivity index is 0.00000289. The van der Waals surface area contributed by atoms with Crippen LogP contribution >= 0.6 is 0 Å². The summed E-state index contributed by atoms with van der Waals surface area (Å²) in [4.78, 5) is 11.2. The molecule has 1 aromatic carbocycles. The predicted molar refractivity (Wildman–Crippen MR) is 79.3 cm³/mol. The summed E-state index contributed by atoms with van der Waals surface area (Å²) >= 11 is 0. The number of carbonyl (C=O) groups is 1. The molecule has 0 bridgehead atoms. The fraction of sp³-hybridized carbons (Fsp3) is 0.533. The Labute approximate surface area is 140 Å². The molecular weight excluding hydrogens is 252 g/mol. The van der Waals surface area contributed by atoms with Gasteiger partial charge in [0.05, 0.1) is 5.56 Å². The summed E-state index contributed by atoms with van der Waals surface area (Å²) in [6, 6.07) is 5.67. The summed E-state index contributed by atoms with van der Waals surface area (Å²) in [6.45, 7) is 12.5. The molecule has 0 saturated heterocycles. The Morgan fingerprint density at radius 2 is 1.50 bits per heavy atom. The van der Waals surface area contributed by atoms with Crippen molar-refractivity contribution in [1.29, 1.82) is 0 Å². The SMILES string of the molecule is CC(C)(C)c1ccc(C(=O)O)c(C(C)(C)C)c1.[CaH2]. The van der Waals surface area contributed by atoms with Gasteiger partial charge in [0, 0.05) is 0 Å². The Bertz CT molecular complexity index is 437. The van der Waals surface area contributed by atoms with Crippen LogP contribution in [0.25, 0.3) is 0 Å². The van der Waals surface area contributed by atoms with E-state index in [1.165, 1.54) is 5.56 Å². The van der Waals surface area contributed by atoms with Gasteiger partial charge in [0.2, 0.25) is 0 Å². The van der Waals surface area contributed by atoms with E-state index in [0.29, 0.717) is 5.56 Å². The Hall–Kier alpha value is -0.0503. The number of benzene rings is 1. The first-order chi connectivity index (χ1) is 7.53. The zero-order chi connectivity index (χ0) is 13.4. The molecule has 0 aliphatic carbocycles. The summed E-state index contributed by atoms with van der Waals surface area (Å²) < 4.78 is 0. The first-order valence-corrected chi connectivity index (χ1v) is 5.92. The summed E-state index contributed by atoms with van der Waals surface area (Å²) in [6.07, 6.45) is 0. The van der Waals surface area contributed by atoms with Crippen molar-refractivity contribution in [3.8, 4) is 0 Å². The molecule has 0 fully saturated rings. The average molecular weight is 276 g/mol. The Morgan fingerprint density at radius 1 is 1.00 bits per heavy atom. The van der Waals surface area contributed by atoms with Crippen molar-refractivity contribution in [2.75, 3.05) is 0 Å². The van der Waals surface area contributed by atoms with Crippen molar-refractivity contribution < 1.29 is 9.90 Å². The van der Waals surface area contributed by atoms with E-state index in [1.54, 1.807) is 6.07 Å². The van der Waals surface area contributed by atoms with Crippen LogP contribution in [-0.4, -0.2) is 48.8 Å². The zero-order valence-corrected chi connectivity index (χ0v) is 11.6. The van der Waals surface area contributed by atoms with Gasteiger partial charge < -0.3 is 5.11 Å². The van der Waals surface area contributed by atoms with Gasteiger partial charge >= 0.3 is 43.7 Å². The van der Waals surface area contributed by atoms with E-state index in [2.05, 4.69) is 20.8 Å². The number of carboxylic acids is 1. The molecule has 0 atom stereocenters. The molecule has 0 aliphatic rings. The van der Waals surface area contributed by atoms with Gasteiger partial charge in [-0.15, -0.1) is 0 Å². The molecule has 3 heteroatoms. The van der Waals surface area contributed by atoms with E-state index < -0.39 is 5.97 Å². The zero-order valence-electron chi connectivity index (χ0n) is 11.6. The fourth-order valence-corrected chi connectivity index (χ4v) is 1.82. The van der Waals surface area contributed by atoms with Crippen molar-refractivity contribution in [3.63, 3.8) is 0 Å². The van der Waals surface area contributed by atoms with E-state index in [9.17, 15) is 9.90 Å². The van der Waals surface area contributed by atoms with E-state index in [-0.39, 0.29) is 48.6 Å². The van der Waals surface area contributed by atoms with Gasteiger partial charge in [-0.3, -0.25) is 0 Å². The summed E-state index contributed by atoms with van der Waals surface area (Å²) in [5, 5.41) is 9.22. The van der Waals surface area contributed by atoms with Crippen LogP contribution in [0.5, 0.6) is 0 Å². The van der Waals surface area contributed by atoms with E-state index >= 15 is 0 Å². The topological polar surface area (TPSA) is 37.3 Å². The van der Waals surface area contributed by atoms with Crippen molar-refractivity contribution in [3.05, 3.63) is 34.9 Å². The summed E-state index contributed by atoms with van der Waals surface area (Å²) in [5.41, 5.74) is 2.36. The standard InChI is InChI=1S/C15H22O2.Ca.2H/c1-14(2,3)10-7-8-11(13(16)17)12(9-10)15(4,5)6;;;/h7-9H,1-6H3,(H,16,17);;;. The molecule has 1 aromatic rings. The summed E-state index contributed by atoms with van der Waals surface area (Å²) in [7, 11) is 0. The van der Waals surface area contributed by atoms with Crippen LogP contribution in [0.2, 0.25) is 0 Å². The van der Waals surface area contributed by atoms with Crippen molar-refractivity contribution >= 4 is 43.7 Å². The molecule has 2 nitrogen and oxygen atoms in total. The molecule has 1 rings (SSSR count). The summed E-state index contributed by atoms with van der Waals surface area (Å²) in [5.74, 6) is -0.851. The van der Waals surface area contributed by atoms with Gasteiger partial charge in [-0.05, 0) is 28.0 Å². The van der Waals surface area contributed by atoms with Gasteiger partial charge in [-0.2, -0.15) is 0 Å². The van der Waals surface area contributed by atoms with Crippen molar-refractivity contribution in [2.24, 2.45) is 0 Å². The number of hydrogen-bond acceptors (Lipinski definition) is 1. The minimum atomic E-state index is -0.851. The predicted octanol–water partition coefficient (Wildman–Crippen LogP) is 3.06. The first kappa shape index (κ1) is 17.9. The third kappa shape index (κ3) is 4.25. The maximum absolute atomic E-state index is 11.2. The Morgan fingerprint density at radius 3 is 1.83 bits per heavy atom. The second-order valence-electron chi connectivity index (χ2n) is 6.57. The fourth-order valence-electron chi connectivity index (χ4n) is 1.82. The monoisotopic (exact) mass is 276 g/mol. The number of rotatable bonds is 1. The number of hydrogen-bond donors (Lipinski definition) is 1. The molecule has 0 amide bonds. The molecule has 0 spiro atoms. The first-order valence-electron chi connectivity index (χ1n) is 5.92. The van der Waals surface area contributed by atoms with Crippen LogP contribution in [0.1, 0.15) is 63.0 Å². The molecule has 0 unspecified atom stereocenters. The average Bonchev–Trinajstić information content (AvgIpc) is 2.14. The van der Waals surface area contributed by atoms with Gasteiger partial charge in [-0.1, -0.05) is 53.7 Å². The minimum absolute atomic E-state index is 0. The molecular formula is C15H24CaO2. The van der Waals surface area contributed by atoms with Gasteiger partial charge in [0.25, 0.3) is 0 Å². The van der Waals surface area contributed by atoms with Gasteiger partial charge in [-0.25, -0.2) is 4.79 Å². The van der Waals surface area contributed by atoms with Crippen LogP contribution in [-0.2, 0) is 10.8 Å². The van der Waals surface area contributed by atoms with E-state index in [4.69, 9.17) is 0 Å². The van der Waals surface area contributed by atoms with Crippen LogP contribution in [0, 0.1) is 0 Å². The van der Waals surface area contributed by atoms with Crippen LogP contribution < -0.4 is 0 Å². The molecule has 0 radical (unpaired) electrons. The Kier molecular flexibility index (Phi) is 5.92. The van der Waals surface area contributed by atoms with Gasteiger partial charge in [0.1, 0.15) is 0 Å². The number of carboxylic acid groups (broad SMARTS) is 1. The molecule has 0 aliphatic heterocycles. The quantitative estimate of drug-likeness (QED) is 0.800. The van der Waals surface area contributed by atoms with Crippen LogP contribution in [0.3, 0.4) is 0 Å². The van der Waals surface area contributed by atoms with Crippen LogP contribution in [0.15, 0.2) is 18.2 Å². The third-order valence-electron chi connectivity index (χ3n) is 2.92. The molecule has 0 aromatic heterocycles. The maximum atomic E-state index is 11.2. The number of aromatic carboxylic acids is 1. The molecule has 98 valence electrons. The van der Waals surface area contributed by atoms with Gasteiger partial charge in [0.15, 0.2) is 0 Å². The molecule has 18 heavy (non-hydrogen) atoms. The third-order valence-corrected chi connectivity index (χ3v) is 2.92. The second kappa shape index (κ2) is 5.94. The van der Waals surface area contributed by atoms with E-state index in [0.717, 1.165) is 5.56 Å². The second-order valence-corrected chi connectivity index (χ2v) is 6.57. The molecule has 0 saturated carbocycles.